The fraction of sp³-hybridized carbons (Fsp3) is 0.400. The SMILES string of the molecule is COc1ccc(C(=O)N2CCCN(C(=O)c3ccco3)CC2)c(C)c1C. The van der Waals surface area contributed by atoms with Gasteiger partial charge in [-0.15, -0.1) is 0 Å². The van der Waals surface area contributed by atoms with E-state index in [4.69, 9.17) is 9.15 Å². The predicted octanol–water partition coefficient (Wildman–Crippen LogP) is 2.89. The standard InChI is InChI=1S/C20H24N2O4/c1-14-15(2)17(25-3)8-7-16(14)19(23)21-9-5-10-22(12-11-21)20(24)18-6-4-13-26-18/h4,6-8,13H,5,9-12H2,1-3H3. The van der Waals surface area contributed by atoms with Crippen molar-refractivity contribution in [1.29, 1.82) is 0 Å². The fourth-order valence-electron chi connectivity index (χ4n) is 3.30. The minimum Gasteiger partial charge on any atom is -0.496 e. The number of rotatable bonds is 3. The first kappa shape index (κ1) is 18.0. The Kier molecular flexibility index (Phi) is 5.30. The summed E-state index contributed by atoms with van der Waals surface area (Å²) in [5, 5.41) is 0. The lowest BCUT2D eigenvalue weighted by atomic mass is 10.0. The fourth-order valence-corrected chi connectivity index (χ4v) is 3.30. The van der Waals surface area contributed by atoms with E-state index in [1.54, 1.807) is 24.1 Å². The summed E-state index contributed by atoms with van der Waals surface area (Å²) in [6.45, 7) is 6.15. The van der Waals surface area contributed by atoms with Crippen LogP contribution in [0.4, 0.5) is 0 Å². The van der Waals surface area contributed by atoms with E-state index in [1.165, 1.54) is 6.26 Å². The van der Waals surface area contributed by atoms with E-state index in [9.17, 15) is 9.59 Å². The lowest BCUT2D eigenvalue weighted by molar-refractivity contribution is 0.0700. The van der Waals surface area contributed by atoms with Crippen molar-refractivity contribution >= 4 is 11.8 Å². The molecule has 2 heterocycles. The Bertz CT molecular complexity index is 798. The average Bonchev–Trinajstić information content (AvgIpc) is 3.07. The Morgan fingerprint density at radius 2 is 1.65 bits per heavy atom. The zero-order chi connectivity index (χ0) is 18.7. The summed E-state index contributed by atoms with van der Waals surface area (Å²) in [7, 11) is 1.63. The topological polar surface area (TPSA) is 63.0 Å². The number of carbonyl (C=O) groups is 2. The molecule has 0 aliphatic carbocycles. The predicted molar refractivity (Wildman–Crippen MR) is 97.6 cm³/mol. The second-order valence-electron chi connectivity index (χ2n) is 6.48. The molecule has 1 aliphatic rings. The highest BCUT2D eigenvalue weighted by Crippen LogP contribution is 2.25. The van der Waals surface area contributed by atoms with E-state index in [-0.39, 0.29) is 11.8 Å². The minimum absolute atomic E-state index is 0.000510. The maximum Gasteiger partial charge on any atom is 0.289 e. The molecule has 1 aromatic heterocycles. The van der Waals surface area contributed by atoms with Gasteiger partial charge in [0.25, 0.3) is 11.8 Å². The summed E-state index contributed by atoms with van der Waals surface area (Å²) in [6, 6.07) is 7.02. The molecule has 26 heavy (non-hydrogen) atoms. The van der Waals surface area contributed by atoms with Crippen LogP contribution in [0.1, 0.15) is 38.5 Å². The van der Waals surface area contributed by atoms with Gasteiger partial charge in [0, 0.05) is 31.7 Å². The van der Waals surface area contributed by atoms with Crippen LogP contribution in [0.25, 0.3) is 0 Å². The van der Waals surface area contributed by atoms with E-state index in [1.807, 2.05) is 30.9 Å². The summed E-state index contributed by atoms with van der Waals surface area (Å²) >= 11 is 0. The van der Waals surface area contributed by atoms with Crippen LogP contribution in [0.5, 0.6) is 5.75 Å². The van der Waals surface area contributed by atoms with Crippen molar-refractivity contribution in [2.24, 2.45) is 0 Å². The van der Waals surface area contributed by atoms with E-state index < -0.39 is 0 Å². The molecule has 0 atom stereocenters. The molecule has 2 aromatic rings. The lowest BCUT2D eigenvalue weighted by Crippen LogP contribution is -2.37. The number of ether oxygens (including phenoxy) is 1. The highest BCUT2D eigenvalue weighted by atomic mass is 16.5. The van der Waals surface area contributed by atoms with Crippen LogP contribution in [0.15, 0.2) is 34.9 Å². The highest BCUT2D eigenvalue weighted by molar-refractivity contribution is 5.96. The van der Waals surface area contributed by atoms with Crippen LogP contribution in [0, 0.1) is 13.8 Å². The first-order chi connectivity index (χ1) is 12.5. The van der Waals surface area contributed by atoms with Crippen LogP contribution in [-0.4, -0.2) is 54.9 Å². The molecule has 2 amide bonds. The van der Waals surface area contributed by atoms with Crippen LogP contribution in [0.2, 0.25) is 0 Å². The quantitative estimate of drug-likeness (QED) is 0.848. The molecule has 6 heteroatoms. The zero-order valence-corrected chi connectivity index (χ0v) is 15.4. The van der Waals surface area contributed by atoms with Crippen molar-refractivity contribution < 1.29 is 18.7 Å². The highest BCUT2D eigenvalue weighted by Gasteiger charge is 2.25. The first-order valence-corrected chi connectivity index (χ1v) is 8.79. The van der Waals surface area contributed by atoms with Crippen molar-refractivity contribution in [3.8, 4) is 5.75 Å². The van der Waals surface area contributed by atoms with E-state index in [0.29, 0.717) is 37.5 Å². The second kappa shape index (κ2) is 7.64. The van der Waals surface area contributed by atoms with Crippen molar-refractivity contribution in [3.05, 3.63) is 53.0 Å². The molecule has 0 N–H and O–H groups in total. The van der Waals surface area contributed by atoms with Gasteiger partial charge in [0.2, 0.25) is 0 Å². The number of hydrogen-bond acceptors (Lipinski definition) is 4. The molecule has 0 saturated carbocycles. The third kappa shape index (κ3) is 3.45. The molecule has 138 valence electrons. The van der Waals surface area contributed by atoms with Gasteiger partial charge in [0.1, 0.15) is 5.75 Å². The molecule has 0 unspecified atom stereocenters. The third-order valence-electron chi connectivity index (χ3n) is 4.99. The third-order valence-corrected chi connectivity index (χ3v) is 4.99. The first-order valence-electron chi connectivity index (χ1n) is 8.79. The Morgan fingerprint density at radius 1 is 0.962 bits per heavy atom. The number of hydrogen-bond donors (Lipinski definition) is 0. The van der Waals surface area contributed by atoms with Gasteiger partial charge in [0.15, 0.2) is 5.76 Å². The van der Waals surface area contributed by atoms with Gasteiger partial charge in [-0.25, -0.2) is 0 Å². The molecule has 1 fully saturated rings. The largest absolute Gasteiger partial charge is 0.496 e. The van der Waals surface area contributed by atoms with Crippen LogP contribution in [-0.2, 0) is 0 Å². The molecule has 3 rings (SSSR count). The van der Waals surface area contributed by atoms with E-state index >= 15 is 0 Å². The Labute approximate surface area is 153 Å². The molecular formula is C20H24N2O4. The van der Waals surface area contributed by atoms with Gasteiger partial charge in [-0.3, -0.25) is 9.59 Å². The molecular weight excluding hydrogens is 332 g/mol. The van der Waals surface area contributed by atoms with Gasteiger partial charge in [-0.1, -0.05) is 0 Å². The molecule has 0 spiro atoms. The summed E-state index contributed by atoms with van der Waals surface area (Å²) in [5.74, 6) is 0.998. The number of furan rings is 1. The molecule has 0 radical (unpaired) electrons. The van der Waals surface area contributed by atoms with E-state index in [2.05, 4.69) is 0 Å². The molecule has 6 nitrogen and oxygen atoms in total. The van der Waals surface area contributed by atoms with Crippen molar-refractivity contribution in [2.45, 2.75) is 20.3 Å². The number of methoxy groups -OCH3 is 1. The Balaban J connectivity index is 1.72. The second-order valence-corrected chi connectivity index (χ2v) is 6.48. The number of nitrogens with zero attached hydrogens (tertiary/aromatic N) is 2. The molecule has 0 bridgehead atoms. The van der Waals surface area contributed by atoms with Gasteiger partial charge in [-0.05, 0) is 55.7 Å². The molecule has 1 saturated heterocycles. The minimum atomic E-state index is -0.124. The molecule has 1 aromatic carbocycles. The average molecular weight is 356 g/mol. The van der Waals surface area contributed by atoms with Gasteiger partial charge < -0.3 is 19.0 Å². The maximum atomic E-state index is 13.0. The molecule has 1 aliphatic heterocycles. The monoisotopic (exact) mass is 356 g/mol. The summed E-state index contributed by atoms with van der Waals surface area (Å²) in [6.07, 6.45) is 2.24. The number of benzene rings is 1. The van der Waals surface area contributed by atoms with Crippen molar-refractivity contribution in [2.75, 3.05) is 33.3 Å². The van der Waals surface area contributed by atoms with Crippen LogP contribution < -0.4 is 4.74 Å². The zero-order valence-electron chi connectivity index (χ0n) is 15.4. The van der Waals surface area contributed by atoms with Crippen LogP contribution in [0.3, 0.4) is 0 Å². The van der Waals surface area contributed by atoms with Crippen molar-refractivity contribution in [3.63, 3.8) is 0 Å². The lowest BCUT2D eigenvalue weighted by Gasteiger charge is -2.23. The number of carbonyl (C=O) groups excluding carboxylic acids is 2. The smallest absolute Gasteiger partial charge is 0.289 e. The number of amides is 2. The Morgan fingerprint density at radius 3 is 2.27 bits per heavy atom. The van der Waals surface area contributed by atoms with Gasteiger partial charge >= 0.3 is 0 Å². The van der Waals surface area contributed by atoms with Crippen molar-refractivity contribution in [1.82, 2.24) is 9.80 Å². The van der Waals surface area contributed by atoms with Crippen LogP contribution >= 0.6 is 0 Å². The van der Waals surface area contributed by atoms with E-state index in [0.717, 1.165) is 23.3 Å². The summed E-state index contributed by atoms with van der Waals surface area (Å²) in [5.41, 5.74) is 2.60. The normalized spacial score (nSPS) is 14.9. The van der Waals surface area contributed by atoms with Gasteiger partial charge in [0.05, 0.1) is 13.4 Å². The van der Waals surface area contributed by atoms with Gasteiger partial charge in [-0.2, -0.15) is 0 Å². The summed E-state index contributed by atoms with van der Waals surface area (Å²) < 4.78 is 10.5. The Hall–Kier alpha value is -2.76. The maximum absolute atomic E-state index is 13.0. The summed E-state index contributed by atoms with van der Waals surface area (Å²) in [4.78, 5) is 29.0.